The Balaban J connectivity index is 1.33. The van der Waals surface area contributed by atoms with Gasteiger partial charge in [-0.3, -0.25) is 4.79 Å². The smallest absolute Gasteiger partial charge is 0.222 e. The summed E-state index contributed by atoms with van der Waals surface area (Å²) in [5, 5.41) is 10.2. The molecule has 1 N–H and O–H groups in total. The van der Waals surface area contributed by atoms with E-state index in [0.717, 1.165) is 50.9 Å². The van der Waals surface area contributed by atoms with E-state index >= 15 is 0 Å². The van der Waals surface area contributed by atoms with Crippen molar-refractivity contribution in [1.82, 2.24) is 9.80 Å². The highest BCUT2D eigenvalue weighted by atomic mass is 16.5. The lowest BCUT2D eigenvalue weighted by Gasteiger charge is -2.37. The second-order valence-electron chi connectivity index (χ2n) is 6.88. The first-order chi connectivity index (χ1) is 11.7. The Labute approximate surface area is 144 Å². The van der Waals surface area contributed by atoms with Crippen molar-refractivity contribution in [1.29, 1.82) is 0 Å². The van der Waals surface area contributed by atoms with Crippen molar-refractivity contribution in [2.45, 2.75) is 44.4 Å². The molecule has 1 amide bonds. The number of nitrogens with zero attached hydrogens (tertiary/aromatic N) is 2. The molecule has 5 heteroatoms. The van der Waals surface area contributed by atoms with Gasteiger partial charge in [-0.2, -0.15) is 0 Å². The summed E-state index contributed by atoms with van der Waals surface area (Å²) in [4.78, 5) is 16.2. The molecular formula is C19H28N2O3. The van der Waals surface area contributed by atoms with Crippen molar-refractivity contribution in [3.63, 3.8) is 0 Å². The lowest BCUT2D eigenvalue weighted by molar-refractivity contribution is -0.130. The number of ether oxygens (including phenoxy) is 1. The van der Waals surface area contributed by atoms with Crippen molar-refractivity contribution >= 4 is 5.91 Å². The third-order valence-corrected chi connectivity index (χ3v) is 5.00. The van der Waals surface area contributed by atoms with Crippen LogP contribution < -0.4 is 0 Å². The average molecular weight is 332 g/mol. The van der Waals surface area contributed by atoms with Crippen LogP contribution in [0.1, 0.15) is 31.2 Å². The first-order valence-electron chi connectivity index (χ1n) is 9.04. The van der Waals surface area contributed by atoms with E-state index in [1.807, 2.05) is 30.3 Å². The Morgan fingerprint density at radius 2 is 1.92 bits per heavy atom. The fraction of sp³-hybridized carbons (Fsp3) is 0.632. The van der Waals surface area contributed by atoms with Gasteiger partial charge in [0.25, 0.3) is 0 Å². The van der Waals surface area contributed by atoms with Gasteiger partial charge in [-0.1, -0.05) is 30.3 Å². The van der Waals surface area contributed by atoms with Gasteiger partial charge in [0.15, 0.2) is 0 Å². The Morgan fingerprint density at radius 1 is 1.17 bits per heavy atom. The van der Waals surface area contributed by atoms with E-state index in [1.54, 1.807) is 0 Å². The van der Waals surface area contributed by atoms with E-state index in [9.17, 15) is 9.90 Å². The summed E-state index contributed by atoms with van der Waals surface area (Å²) in [5.74, 6) is 0.322. The lowest BCUT2D eigenvalue weighted by atomic mass is 10.0. The number of hydrogen-bond acceptors (Lipinski definition) is 4. The molecular weight excluding hydrogens is 304 g/mol. The molecule has 1 aromatic carbocycles. The molecule has 1 unspecified atom stereocenters. The van der Waals surface area contributed by atoms with Gasteiger partial charge in [0, 0.05) is 38.6 Å². The molecule has 0 radical (unpaired) electrons. The molecule has 132 valence electrons. The molecule has 0 saturated carbocycles. The van der Waals surface area contributed by atoms with E-state index in [1.165, 1.54) is 0 Å². The quantitative estimate of drug-likeness (QED) is 0.825. The fourth-order valence-electron chi connectivity index (χ4n) is 3.71. The summed E-state index contributed by atoms with van der Waals surface area (Å²) < 4.78 is 5.61. The van der Waals surface area contributed by atoms with Gasteiger partial charge in [-0.25, -0.2) is 0 Å². The van der Waals surface area contributed by atoms with Gasteiger partial charge >= 0.3 is 0 Å². The maximum absolute atomic E-state index is 11.8. The average Bonchev–Trinajstić information content (AvgIpc) is 3.03. The third kappa shape index (κ3) is 4.79. The number of hydrogen-bond donors (Lipinski definition) is 1. The lowest BCUT2D eigenvalue weighted by Crippen LogP contribution is -2.47. The third-order valence-electron chi connectivity index (χ3n) is 5.00. The van der Waals surface area contributed by atoms with Crippen molar-refractivity contribution in [2.24, 2.45) is 0 Å². The van der Waals surface area contributed by atoms with E-state index in [0.29, 0.717) is 31.7 Å². The Morgan fingerprint density at radius 3 is 2.58 bits per heavy atom. The molecule has 0 aliphatic carbocycles. The second-order valence-corrected chi connectivity index (χ2v) is 6.88. The van der Waals surface area contributed by atoms with Crippen molar-refractivity contribution in [3.8, 4) is 0 Å². The van der Waals surface area contributed by atoms with Crippen LogP contribution in [0.3, 0.4) is 0 Å². The normalized spacial score (nSPS) is 21.4. The Bertz CT molecular complexity index is 515. The molecule has 2 fully saturated rings. The van der Waals surface area contributed by atoms with Gasteiger partial charge in [0.05, 0.1) is 19.3 Å². The zero-order chi connectivity index (χ0) is 16.8. The highest BCUT2D eigenvalue weighted by Gasteiger charge is 2.30. The summed E-state index contributed by atoms with van der Waals surface area (Å²) in [6, 6.07) is 10.4. The number of β-amino-alcohol motifs (C(OH)–C–C–N with tert-alkyl or cyclic N) is 1. The van der Waals surface area contributed by atoms with Gasteiger partial charge < -0.3 is 19.6 Å². The van der Waals surface area contributed by atoms with Crippen molar-refractivity contribution in [3.05, 3.63) is 35.9 Å². The molecule has 3 rings (SSSR count). The monoisotopic (exact) mass is 332 g/mol. The first-order valence-corrected chi connectivity index (χ1v) is 9.04. The Kier molecular flexibility index (Phi) is 6.24. The molecule has 0 bridgehead atoms. The van der Waals surface area contributed by atoms with Crippen LogP contribution in [0.5, 0.6) is 0 Å². The maximum Gasteiger partial charge on any atom is 0.222 e. The van der Waals surface area contributed by atoms with Crippen LogP contribution >= 0.6 is 0 Å². The Hall–Kier alpha value is -1.43. The van der Waals surface area contributed by atoms with Crippen LogP contribution in [0.25, 0.3) is 0 Å². The van der Waals surface area contributed by atoms with Gasteiger partial charge in [-0.15, -0.1) is 0 Å². The number of benzene rings is 1. The summed E-state index contributed by atoms with van der Waals surface area (Å²) in [7, 11) is 0. The summed E-state index contributed by atoms with van der Waals surface area (Å²) in [6.45, 7) is 4.37. The highest BCUT2D eigenvalue weighted by molar-refractivity contribution is 5.78. The minimum absolute atomic E-state index is 0.322. The number of piperidine rings is 1. The predicted molar refractivity (Wildman–Crippen MR) is 92.5 cm³/mol. The summed E-state index contributed by atoms with van der Waals surface area (Å²) in [6.07, 6.45) is 3.31. The first kappa shape index (κ1) is 17.4. The topological polar surface area (TPSA) is 53.0 Å². The molecule has 2 aliphatic rings. The number of rotatable bonds is 7. The number of likely N-dealkylation sites (tertiary alicyclic amines) is 2. The molecule has 2 aliphatic heterocycles. The van der Waals surface area contributed by atoms with Crippen LogP contribution in [0.4, 0.5) is 0 Å². The molecule has 0 aromatic heterocycles. The van der Waals surface area contributed by atoms with Crippen molar-refractivity contribution < 1.29 is 14.6 Å². The zero-order valence-electron chi connectivity index (χ0n) is 14.3. The van der Waals surface area contributed by atoms with Crippen LogP contribution in [-0.2, 0) is 16.1 Å². The maximum atomic E-state index is 11.8. The van der Waals surface area contributed by atoms with Gasteiger partial charge in [-0.05, 0) is 24.8 Å². The van der Waals surface area contributed by atoms with E-state index in [-0.39, 0.29) is 0 Å². The predicted octanol–water partition coefficient (Wildman–Crippen LogP) is 1.65. The molecule has 2 heterocycles. The number of carbonyl (C=O) groups is 1. The molecule has 5 nitrogen and oxygen atoms in total. The molecule has 2 saturated heterocycles. The summed E-state index contributed by atoms with van der Waals surface area (Å²) >= 11 is 0. The fourth-order valence-corrected chi connectivity index (χ4v) is 3.71. The molecule has 1 atom stereocenters. The molecule has 1 aromatic rings. The summed E-state index contributed by atoms with van der Waals surface area (Å²) in [5.41, 5.74) is 1.13. The van der Waals surface area contributed by atoms with Crippen LogP contribution in [0.2, 0.25) is 0 Å². The number of aliphatic hydroxyl groups is 1. The molecule has 0 spiro atoms. The van der Waals surface area contributed by atoms with Crippen LogP contribution in [-0.4, -0.2) is 65.7 Å². The SMILES string of the molecule is O=C1CCCN1C1CCN(CC(O)COCc2ccccc2)CC1. The van der Waals surface area contributed by atoms with Crippen LogP contribution in [0.15, 0.2) is 30.3 Å². The standard InChI is InChI=1S/C19H28N2O3/c22-18(15-24-14-16-5-2-1-3-6-16)13-20-11-8-17(9-12-20)21-10-4-7-19(21)23/h1-3,5-6,17-18,22H,4,7-15H2. The number of aliphatic hydroxyl groups excluding tert-OH is 1. The minimum Gasteiger partial charge on any atom is -0.389 e. The van der Waals surface area contributed by atoms with Crippen LogP contribution in [0, 0.1) is 0 Å². The highest BCUT2D eigenvalue weighted by Crippen LogP contribution is 2.22. The number of amides is 1. The second kappa shape index (κ2) is 8.60. The van der Waals surface area contributed by atoms with E-state index in [4.69, 9.17) is 4.74 Å². The van der Waals surface area contributed by atoms with E-state index in [2.05, 4.69) is 9.80 Å². The largest absolute Gasteiger partial charge is 0.389 e. The van der Waals surface area contributed by atoms with E-state index < -0.39 is 6.10 Å². The van der Waals surface area contributed by atoms with Gasteiger partial charge in [0.1, 0.15) is 0 Å². The minimum atomic E-state index is -0.460. The van der Waals surface area contributed by atoms with Gasteiger partial charge in [0.2, 0.25) is 5.91 Å². The number of carbonyl (C=O) groups excluding carboxylic acids is 1. The molecule has 24 heavy (non-hydrogen) atoms. The zero-order valence-corrected chi connectivity index (χ0v) is 14.3. The van der Waals surface area contributed by atoms with Crippen molar-refractivity contribution in [2.75, 3.05) is 32.8 Å².